The van der Waals surface area contributed by atoms with Crippen molar-refractivity contribution in [1.29, 1.82) is 0 Å². The average molecular weight is 241 g/mol. The molecule has 0 radical (unpaired) electrons. The zero-order chi connectivity index (χ0) is 13.0. The highest BCUT2D eigenvalue weighted by Gasteiger charge is 2.21. The average Bonchev–Trinajstić information content (AvgIpc) is 2.41. The molecule has 92 valence electrons. The van der Waals surface area contributed by atoms with Gasteiger partial charge in [-0.05, 0) is 31.2 Å². The van der Waals surface area contributed by atoms with Crippen molar-refractivity contribution >= 4 is 17.3 Å². The molecule has 1 unspecified atom stereocenters. The quantitative estimate of drug-likeness (QED) is 0.897. The van der Waals surface area contributed by atoms with Crippen molar-refractivity contribution in [1.82, 2.24) is 0 Å². The van der Waals surface area contributed by atoms with Crippen LogP contribution in [-0.4, -0.2) is 17.1 Å². The molecule has 0 fully saturated rings. The van der Waals surface area contributed by atoms with Crippen LogP contribution in [0, 0.1) is 0 Å². The van der Waals surface area contributed by atoms with E-state index >= 15 is 0 Å². The van der Waals surface area contributed by atoms with Crippen molar-refractivity contribution in [2.75, 3.05) is 4.90 Å². The molecular formula is C15H15NO2. The Morgan fingerprint density at radius 2 is 1.33 bits per heavy atom. The summed E-state index contributed by atoms with van der Waals surface area (Å²) in [7, 11) is 0. The summed E-state index contributed by atoms with van der Waals surface area (Å²) in [6.07, 6.45) is -1.04. The third kappa shape index (κ3) is 2.57. The molecule has 18 heavy (non-hydrogen) atoms. The van der Waals surface area contributed by atoms with E-state index in [4.69, 9.17) is 0 Å². The zero-order valence-electron chi connectivity index (χ0n) is 10.2. The number of anilines is 2. The molecule has 2 aromatic carbocycles. The van der Waals surface area contributed by atoms with Gasteiger partial charge < -0.3 is 5.11 Å². The highest BCUT2D eigenvalue weighted by Crippen LogP contribution is 2.25. The number of carbonyl (C=O) groups is 1. The number of nitrogens with zero attached hydrogens (tertiary/aromatic N) is 1. The largest absolute Gasteiger partial charge is 0.384 e. The number of amides is 1. The molecule has 0 aliphatic carbocycles. The molecule has 0 aliphatic heterocycles. The van der Waals surface area contributed by atoms with Gasteiger partial charge in [0.05, 0.1) is 0 Å². The monoisotopic (exact) mass is 241 g/mol. The molecule has 1 atom stereocenters. The lowest BCUT2D eigenvalue weighted by Crippen LogP contribution is -2.34. The lowest BCUT2D eigenvalue weighted by atomic mass is 10.2. The maximum absolute atomic E-state index is 12.1. The summed E-state index contributed by atoms with van der Waals surface area (Å²) in [4.78, 5) is 13.6. The first-order valence-corrected chi connectivity index (χ1v) is 5.82. The minimum absolute atomic E-state index is 0.340. The van der Waals surface area contributed by atoms with Crippen LogP contribution in [0.5, 0.6) is 0 Å². The lowest BCUT2D eigenvalue weighted by molar-refractivity contribution is -0.125. The van der Waals surface area contributed by atoms with E-state index in [2.05, 4.69) is 0 Å². The minimum atomic E-state index is -1.04. The molecule has 0 heterocycles. The molecule has 3 heteroatoms. The van der Waals surface area contributed by atoms with Gasteiger partial charge in [0.1, 0.15) is 6.10 Å². The van der Waals surface area contributed by atoms with E-state index in [0.29, 0.717) is 0 Å². The number of hydrogen-bond donors (Lipinski definition) is 1. The van der Waals surface area contributed by atoms with Gasteiger partial charge >= 0.3 is 0 Å². The molecule has 0 bridgehead atoms. The van der Waals surface area contributed by atoms with Crippen LogP contribution in [0.25, 0.3) is 0 Å². The Morgan fingerprint density at radius 3 is 1.67 bits per heavy atom. The van der Waals surface area contributed by atoms with Crippen molar-refractivity contribution in [3.8, 4) is 0 Å². The maximum atomic E-state index is 12.1. The Labute approximate surface area is 106 Å². The predicted octanol–water partition coefficient (Wildman–Crippen LogP) is 2.73. The highest BCUT2D eigenvalue weighted by atomic mass is 16.3. The molecule has 2 rings (SSSR count). The molecule has 0 saturated carbocycles. The lowest BCUT2D eigenvalue weighted by Gasteiger charge is -2.24. The van der Waals surface area contributed by atoms with Crippen LogP contribution in [0.2, 0.25) is 0 Å². The first-order valence-electron chi connectivity index (χ1n) is 5.82. The van der Waals surface area contributed by atoms with E-state index in [1.807, 2.05) is 60.7 Å². The van der Waals surface area contributed by atoms with Gasteiger partial charge in [-0.1, -0.05) is 36.4 Å². The molecule has 3 nitrogen and oxygen atoms in total. The van der Waals surface area contributed by atoms with Crippen molar-refractivity contribution in [3.63, 3.8) is 0 Å². The first kappa shape index (κ1) is 12.3. The van der Waals surface area contributed by atoms with Crippen molar-refractivity contribution in [3.05, 3.63) is 60.7 Å². The number of rotatable bonds is 3. The Hall–Kier alpha value is -2.13. The third-order valence-corrected chi connectivity index (χ3v) is 2.61. The molecule has 0 spiro atoms. The molecular weight excluding hydrogens is 226 g/mol. The topological polar surface area (TPSA) is 40.5 Å². The summed E-state index contributed by atoms with van der Waals surface area (Å²) in [5.41, 5.74) is 1.49. The number of aliphatic hydroxyl groups is 1. The summed E-state index contributed by atoms with van der Waals surface area (Å²) in [5, 5.41) is 9.52. The molecule has 1 amide bonds. The van der Waals surface area contributed by atoms with Gasteiger partial charge in [-0.2, -0.15) is 0 Å². The van der Waals surface area contributed by atoms with Gasteiger partial charge in [0.2, 0.25) is 0 Å². The fraction of sp³-hybridized carbons (Fsp3) is 0.133. The Balaban J connectivity index is 2.45. The van der Waals surface area contributed by atoms with Crippen LogP contribution >= 0.6 is 0 Å². The summed E-state index contributed by atoms with van der Waals surface area (Å²) >= 11 is 0. The van der Waals surface area contributed by atoms with Crippen LogP contribution in [0.3, 0.4) is 0 Å². The normalized spacial score (nSPS) is 11.9. The van der Waals surface area contributed by atoms with Gasteiger partial charge in [0.15, 0.2) is 0 Å². The fourth-order valence-electron chi connectivity index (χ4n) is 1.74. The summed E-state index contributed by atoms with van der Waals surface area (Å²) in [5.74, 6) is -0.340. The van der Waals surface area contributed by atoms with Crippen LogP contribution in [-0.2, 0) is 4.79 Å². The van der Waals surface area contributed by atoms with Gasteiger partial charge in [0.25, 0.3) is 5.91 Å². The molecule has 1 N–H and O–H groups in total. The summed E-state index contributed by atoms with van der Waals surface area (Å²) in [6, 6.07) is 18.6. The predicted molar refractivity (Wildman–Crippen MR) is 71.7 cm³/mol. The van der Waals surface area contributed by atoms with Crippen LogP contribution in [0.4, 0.5) is 11.4 Å². The zero-order valence-corrected chi connectivity index (χ0v) is 10.2. The highest BCUT2D eigenvalue weighted by molar-refractivity contribution is 6.02. The number of hydrogen-bond acceptors (Lipinski definition) is 2. The SMILES string of the molecule is CC(O)C(=O)N(c1ccccc1)c1ccccc1. The van der Waals surface area contributed by atoms with E-state index in [0.717, 1.165) is 11.4 Å². The number of benzene rings is 2. The summed E-state index contributed by atoms with van der Waals surface area (Å²) < 4.78 is 0. The van der Waals surface area contributed by atoms with Gasteiger partial charge in [-0.25, -0.2) is 0 Å². The third-order valence-electron chi connectivity index (χ3n) is 2.61. The molecule has 0 aromatic heterocycles. The Bertz CT molecular complexity index is 469. The molecule has 0 saturated heterocycles. The number of carbonyl (C=O) groups excluding carboxylic acids is 1. The number of aliphatic hydroxyl groups excluding tert-OH is 1. The molecule has 0 aliphatic rings. The maximum Gasteiger partial charge on any atom is 0.260 e. The Morgan fingerprint density at radius 1 is 0.944 bits per heavy atom. The van der Waals surface area contributed by atoms with E-state index in [-0.39, 0.29) is 5.91 Å². The second-order valence-corrected chi connectivity index (χ2v) is 4.02. The van der Waals surface area contributed by atoms with Gasteiger partial charge in [-0.3, -0.25) is 9.69 Å². The van der Waals surface area contributed by atoms with Crippen LogP contribution in [0.15, 0.2) is 60.7 Å². The summed E-state index contributed by atoms with van der Waals surface area (Å²) in [6.45, 7) is 1.47. The second-order valence-electron chi connectivity index (χ2n) is 4.02. The van der Waals surface area contributed by atoms with Crippen LogP contribution < -0.4 is 4.90 Å². The first-order chi connectivity index (χ1) is 8.70. The van der Waals surface area contributed by atoms with E-state index in [9.17, 15) is 9.90 Å². The van der Waals surface area contributed by atoms with E-state index in [1.54, 1.807) is 0 Å². The van der Waals surface area contributed by atoms with Crippen molar-refractivity contribution < 1.29 is 9.90 Å². The Kier molecular flexibility index (Phi) is 3.75. The smallest absolute Gasteiger partial charge is 0.260 e. The number of para-hydroxylation sites is 2. The minimum Gasteiger partial charge on any atom is -0.384 e. The van der Waals surface area contributed by atoms with Crippen molar-refractivity contribution in [2.45, 2.75) is 13.0 Å². The van der Waals surface area contributed by atoms with E-state index < -0.39 is 6.10 Å². The van der Waals surface area contributed by atoms with E-state index in [1.165, 1.54) is 11.8 Å². The van der Waals surface area contributed by atoms with Crippen LogP contribution in [0.1, 0.15) is 6.92 Å². The molecule has 2 aromatic rings. The fourth-order valence-corrected chi connectivity index (χ4v) is 1.74. The van der Waals surface area contributed by atoms with Gasteiger partial charge in [0, 0.05) is 11.4 Å². The second kappa shape index (κ2) is 5.47. The van der Waals surface area contributed by atoms with Crippen molar-refractivity contribution in [2.24, 2.45) is 0 Å². The standard InChI is InChI=1S/C15H15NO2/c1-12(17)15(18)16(13-8-4-2-5-9-13)14-10-6-3-7-11-14/h2-12,17H,1H3. The van der Waals surface area contributed by atoms with Gasteiger partial charge in [-0.15, -0.1) is 0 Å².